The highest BCUT2D eigenvalue weighted by molar-refractivity contribution is 6.06. The van der Waals surface area contributed by atoms with Gasteiger partial charge >= 0.3 is 0 Å². The Morgan fingerprint density at radius 1 is 1.29 bits per heavy atom. The lowest BCUT2D eigenvalue weighted by Crippen LogP contribution is -2.41. The molecule has 0 aliphatic heterocycles. The van der Waals surface area contributed by atoms with Crippen molar-refractivity contribution < 1.29 is 13.6 Å². The number of alkyl halides is 2. The Balaban J connectivity index is 0.00000144. The number of nitrogens with one attached hydrogen (secondary N) is 1. The molecule has 132 valence electrons. The Hall–Kier alpha value is -1.50. The first-order valence-corrected chi connectivity index (χ1v) is 7.26. The molecule has 0 unspecified atom stereocenters. The fourth-order valence-corrected chi connectivity index (χ4v) is 2.35. The number of rotatable bonds is 5. The van der Waals surface area contributed by atoms with Crippen molar-refractivity contribution >= 4 is 41.6 Å². The van der Waals surface area contributed by atoms with E-state index in [0.717, 1.165) is 18.5 Å². The van der Waals surface area contributed by atoms with E-state index in [-0.39, 0.29) is 24.8 Å². The molecule has 1 aromatic heterocycles. The molecule has 1 aliphatic carbocycles. The van der Waals surface area contributed by atoms with Crippen LogP contribution in [-0.4, -0.2) is 29.9 Å². The van der Waals surface area contributed by atoms with Gasteiger partial charge in [-0.15, -0.1) is 24.8 Å². The normalized spacial score (nSPS) is 13.8. The number of fused-ring (bicyclic) bond motifs is 1. The lowest BCUT2D eigenvalue weighted by atomic mass is 10.1. The molecule has 0 spiro atoms. The van der Waals surface area contributed by atoms with Gasteiger partial charge in [-0.1, -0.05) is 18.2 Å². The average molecular weight is 378 g/mol. The molecule has 1 fully saturated rings. The van der Waals surface area contributed by atoms with E-state index in [1.807, 2.05) is 12.1 Å². The number of nitrogens with two attached hydrogens (primary N) is 1. The molecule has 0 saturated heterocycles. The van der Waals surface area contributed by atoms with Crippen LogP contribution >= 0.6 is 24.8 Å². The SMILES string of the molecule is Cl.Cl.NCC(F)(F)CNC(=O)c1cc(C2CC2)nc2ccccc12. The van der Waals surface area contributed by atoms with Crippen LogP contribution in [0.4, 0.5) is 8.78 Å². The molecular weight excluding hydrogens is 359 g/mol. The number of carbonyl (C=O) groups excluding carboxylic acids is 1. The summed E-state index contributed by atoms with van der Waals surface area (Å²) in [6, 6.07) is 8.96. The van der Waals surface area contributed by atoms with Gasteiger partial charge in [0.25, 0.3) is 11.8 Å². The molecule has 1 heterocycles. The van der Waals surface area contributed by atoms with Gasteiger partial charge in [-0.3, -0.25) is 9.78 Å². The van der Waals surface area contributed by atoms with Gasteiger partial charge in [-0.2, -0.15) is 0 Å². The van der Waals surface area contributed by atoms with Crippen molar-refractivity contribution in [2.24, 2.45) is 5.73 Å². The number of hydrogen-bond acceptors (Lipinski definition) is 3. The number of halogens is 4. The predicted octanol–water partition coefficient (Wildman–Crippen LogP) is 3.28. The zero-order valence-corrected chi connectivity index (χ0v) is 14.4. The lowest BCUT2D eigenvalue weighted by Gasteiger charge is -2.15. The molecule has 1 amide bonds. The largest absolute Gasteiger partial charge is 0.346 e. The van der Waals surface area contributed by atoms with E-state index in [0.29, 0.717) is 22.4 Å². The third-order valence-electron chi connectivity index (χ3n) is 3.78. The molecule has 4 nitrogen and oxygen atoms in total. The second-order valence-electron chi connectivity index (χ2n) is 5.63. The van der Waals surface area contributed by atoms with E-state index in [1.165, 1.54) is 0 Å². The van der Waals surface area contributed by atoms with Gasteiger partial charge in [-0.05, 0) is 25.0 Å². The standard InChI is InChI=1S/C16H17F2N3O.2ClH/c17-16(18,8-19)9-20-15(22)12-7-14(10-5-6-10)21-13-4-2-1-3-11(12)13;;/h1-4,7,10H,5-6,8-9,19H2,(H,20,22);2*1H. The fourth-order valence-electron chi connectivity index (χ4n) is 2.35. The minimum atomic E-state index is -3.10. The van der Waals surface area contributed by atoms with Crippen molar-refractivity contribution in [2.75, 3.05) is 13.1 Å². The average Bonchev–Trinajstić information content (AvgIpc) is 3.36. The summed E-state index contributed by atoms with van der Waals surface area (Å²) in [6.07, 6.45) is 2.11. The summed E-state index contributed by atoms with van der Waals surface area (Å²) in [5.41, 5.74) is 6.94. The zero-order chi connectivity index (χ0) is 15.7. The summed E-state index contributed by atoms with van der Waals surface area (Å²) >= 11 is 0. The van der Waals surface area contributed by atoms with Crippen LogP contribution in [0.15, 0.2) is 30.3 Å². The van der Waals surface area contributed by atoms with E-state index in [2.05, 4.69) is 10.3 Å². The molecule has 3 rings (SSSR count). The van der Waals surface area contributed by atoms with Crippen LogP contribution in [0.1, 0.15) is 34.8 Å². The second kappa shape index (κ2) is 8.05. The predicted molar refractivity (Wildman–Crippen MR) is 94.5 cm³/mol. The summed E-state index contributed by atoms with van der Waals surface area (Å²) in [5, 5.41) is 2.94. The Labute approximate surface area is 151 Å². The van der Waals surface area contributed by atoms with Crippen LogP contribution in [-0.2, 0) is 0 Å². The summed E-state index contributed by atoms with van der Waals surface area (Å²) in [5.74, 6) is -3.24. The van der Waals surface area contributed by atoms with Gasteiger partial charge in [0.2, 0.25) is 0 Å². The molecule has 1 aromatic carbocycles. The van der Waals surface area contributed by atoms with Crippen molar-refractivity contribution in [3.8, 4) is 0 Å². The maximum absolute atomic E-state index is 13.2. The number of para-hydroxylation sites is 1. The Kier molecular flexibility index (Phi) is 6.89. The number of hydrogen-bond donors (Lipinski definition) is 2. The Bertz CT molecular complexity index is 724. The number of amides is 1. The number of aromatic nitrogens is 1. The van der Waals surface area contributed by atoms with Crippen molar-refractivity contribution in [3.05, 3.63) is 41.6 Å². The minimum Gasteiger partial charge on any atom is -0.346 e. The van der Waals surface area contributed by atoms with Gasteiger partial charge in [0, 0.05) is 17.0 Å². The van der Waals surface area contributed by atoms with Crippen LogP contribution in [0, 0.1) is 0 Å². The monoisotopic (exact) mass is 377 g/mol. The van der Waals surface area contributed by atoms with Crippen LogP contribution < -0.4 is 11.1 Å². The maximum Gasteiger partial charge on any atom is 0.277 e. The molecular formula is C16H19Cl2F2N3O. The number of nitrogens with zero attached hydrogens (tertiary/aromatic N) is 1. The molecule has 0 bridgehead atoms. The molecule has 1 saturated carbocycles. The van der Waals surface area contributed by atoms with Gasteiger partial charge in [0.05, 0.1) is 24.2 Å². The molecule has 3 N–H and O–H groups in total. The quantitative estimate of drug-likeness (QED) is 0.839. The molecule has 2 aromatic rings. The zero-order valence-electron chi connectivity index (χ0n) is 12.8. The van der Waals surface area contributed by atoms with Gasteiger partial charge < -0.3 is 11.1 Å². The summed E-state index contributed by atoms with van der Waals surface area (Å²) in [4.78, 5) is 16.9. The second-order valence-corrected chi connectivity index (χ2v) is 5.63. The van der Waals surface area contributed by atoms with Crippen LogP contribution in [0.3, 0.4) is 0 Å². The third kappa shape index (κ3) is 4.53. The lowest BCUT2D eigenvalue weighted by molar-refractivity contribution is 0.0119. The van der Waals surface area contributed by atoms with E-state index < -0.39 is 24.9 Å². The van der Waals surface area contributed by atoms with E-state index in [4.69, 9.17) is 5.73 Å². The summed E-state index contributed by atoms with van der Waals surface area (Å²) < 4.78 is 26.4. The molecule has 24 heavy (non-hydrogen) atoms. The fraction of sp³-hybridized carbons (Fsp3) is 0.375. The van der Waals surface area contributed by atoms with Gasteiger partial charge in [-0.25, -0.2) is 8.78 Å². The van der Waals surface area contributed by atoms with E-state index >= 15 is 0 Å². The van der Waals surface area contributed by atoms with E-state index in [1.54, 1.807) is 18.2 Å². The van der Waals surface area contributed by atoms with Gasteiger partial charge in [0.15, 0.2) is 0 Å². The number of benzene rings is 1. The van der Waals surface area contributed by atoms with Crippen LogP contribution in [0.2, 0.25) is 0 Å². The number of pyridine rings is 1. The molecule has 0 atom stereocenters. The van der Waals surface area contributed by atoms with Gasteiger partial charge in [0.1, 0.15) is 0 Å². The Morgan fingerprint density at radius 2 is 1.96 bits per heavy atom. The molecule has 1 aliphatic rings. The van der Waals surface area contributed by atoms with Crippen molar-refractivity contribution in [1.82, 2.24) is 10.3 Å². The minimum absolute atomic E-state index is 0. The highest BCUT2D eigenvalue weighted by atomic mass is 35.5. The smallest absolute Gasteiger partial charge is 0.277 e. The molecule has 0 radical (unpaired) electrons. The highest BCUT2D eigenvalue weighted by Crippen LogP contribution is 2.40. The highest BCUT2D eigenvalue weighted by Gasteiger charge is 2.29. The van der Waals surface area contributed by atoms with Crippen LogP contribution in [0.25, 0.3) is 10.9 Å². The topological polar surface area (TPSA) is 68.0 Å². The first kappa shape index (κ1) is 20.5. The van der Waals surface area contributed by atoms with Crippen molar-refractivity contribution in [3.63, 3.8) is 0 Å². The first-order chi connectivity index (χ1) is 10.5. The number of carbonyl (C=O) groups is 1. The third-order valence-corrected chi connectivity index (χ3v) is 3.78. The Morgan fingerprint density at radius 3 is 2.58 bits per heavy atom. The first-order valence-electron chi connectivity index (χ1n) is 7.26. The van der Waals surface area contributed by atoms with E-state index in [9.17, 15) is 13.6 Å². The molecule has 8 heteroatoms. The summed E-state index contributed by atoms with van der Waals surface area (Å²) in [7, 11) is 0. The van der Waals surface area contributed by atoms with Crippen molar-refractivity contribution in [2.45, 2.75) is 24.7 Å². The van der Waals surface area contributed by atoms with Crippen LogP contribution in [0.5, 0.6) is 0 Å². The maximum atomic E-state index is 13.2. The van der Waals surface area contributed by atoms with Crippen molar-refractivity contribution in [1.29, 1.82) is 0 Å². The summed E-state index contributed by atoms with van der Waals surface area (Å²) in [6.45, 7) is -1.56.